The molecule has 0 bridgehead atoms. The molecule has 1 heterocycles. The van der Waals surface area contributed by atoms with E-state index in [1.807, 2.05) is 0 Å². The fourth-order valence-corrected chi connectivity index (χ4v) is 3.60. The summed E-state index contributed by atoms with van der Waals surface area (Å²) in [5.74, 6) is -0.724. The number of hydrogen-bond acceptors (Lipinski definition) is 4. The van der Waals surface area contributed by atoms with E-state index in [1.165, 1.54) is 23.5 Å². The standard InChI is InChI=1S/C11H15FN2O3S/c1-17-8-5-6-14(7-8)18(15,16)10-4-2-3-9(12)11(10)13/h2-4,8H,5-7,13H2,1H3. The second kappa shape index (κ2) is 4.83. The molecule has 0 aromatic heterocycles. The number of hydrogen-bond donors (Lipinski definition) is 1. The van der Waals surface area contributed by atoms with E-state index in [1.54, 1.807) is 0 Å². The molecule has 5 nitrogen and oxygen atoms in total. The van der Waals surface area contributed by atoms with Crippen molar-refractivity contribution in [1.82, 2.24) is 4.31 Å². The summed E-state index contributed by atoms with van der Waals surface area (Å²) in [4.78, 5) is -0.181. The number of para-hydroxylation sites is 1. The lowest BCUT2D eigenvalue weighted by atomic mass is 10.3. The van der Waals surface area contributed by atoms with Gasteiger partial charge >= 0.3 is 0 Å². The Labute approximate surface area is 105 Å². The molecule has 1 atom stereocenters. The van der Waals surface area contributed by atoms with E-state index in [-0.39, 0.29) is 23.2 Å². The SMILES string of the molecule is COC1CCN(S(=O)(=O)c2cccc(F)c2N)C1. The van der Waals surface area contributed by atoms with Gasteiger partial charge in [0.2, 0.25) is 10.0 Å². The Kier molecular flexibility index (Phi) is 3.56. The van der Waals surface area contributed by atoms with Gasteiger partial charge in [0.1, 0.15) is 10.7 Å². The third kappa shape index (κ3) is 2.21. The maximum atomic E-state index is 13.3. The fourth-order valence-electron chi connectivity index (χ4n) is 1.99. The molecule has 1 fully saturated rings. The Bertz CT molecular complexity index is 547. The van der Waals surface area contributed by atoms with Crippen LogP contribution in [-0.4, -0.2) is 39.0 Å². The molecule has 7 heteroatoms. The highest BCUT2D eigenvalue weighted by Crippen LogP contribution is 2.27. The summed E-state index contributed by atoms with van der Waals surface area (Å²) in [7, 11) is -2.21. The van der Waals surface area contributed by atoms with Crippen LogP contribution >= 0.6 is 0 Å². The van der Waals surface area contributed by atoms with Crippen LogP contribution in [0.2, 0.25) is 0 Å². The second-order valence-electron chi connectivity index (χ2n) is 4.16. The Hall–Kier alpha value is -1.18. The van der Waals surface area contributed by atoms with Crippen molar-refractivity contribution in [2.45, 2.75) is 17.4 Å². The van der Waals surface area contributed by atoms with E-state index in [0.29, 0.717) is 13.0 Å². The maximum absolute atomic E-state index is 13.3. The first-order chi connectivity index (χ1) is 8.46. The molecule has 0 spiro atoms. The van der Waals surface area contributed by atoms with Gasteiger partial charge in [0.15, 0.2) is 0 Å². The Morgan fingerprint density at radius 3 is 2.83 bits per heavy atom. The summed E-state index contributed by atoms with van der Waals surface area (Å²) >= 11 is 0. The highest BCUT2D eigenvalue weighted by atomic mass is 32.2. The summed E-state index contributed by atoms with van der Waals surface area (Å²) in [5, 5.41) is 0. The van der Waals surface area contributed by atoms with Crippen LogP contribution in [-0.2, 0) is 14.8 Å². The third-order valence-electron chi connectivity index (χ3n) is 3.07. The predicted molar refractivity (Wildman–Crippen MR) is 65.0 cm³/mol. The number of nitrogens with two attached hydrogens (primary N) is 1. The Morgan fingerprint density at radius 1 is 1.50 bits per heavy atom. The number of methoxy groups -OCH3 is 1. The average Bonchev–Trinajstić information content (AvgIpc) is 2.81. The van der Waals surface area contributed by atoms with Gasteiger partial charge in [-0.3, -0.25) is 0 Å². The summed E-state index contributed by atoms with van der Waals surface area (Å²) in [6.07, 6.45) is 0.514. The van der Waals surface area contributed by atoms with Gasteiger partial charge in [-0.15, -0.1) is 0 Å². The smallest absolute Gasteiger partial charge is 0.245 e. The number of anilines is 1. The normalized spacial score (nSPS) is 21.3. The van der Waals surface area contributed by atoms with E-state index >= 15 is 0 Å². The molecule has 2 N–H and O–H groups in total. The zero-order valence-electron chi connectivity index (χ0n) is 9.97. The van der Waals surface area contributed by atoms with Crippen molar-refractivity contribution >= 4 is 15.7 Å². The molecule has 1 aliphatic heterocycles. The summed E-state index contributed by atoms with van der Waals surface area (Å²) in [5.41, 5.74) is 5.16. The molecule has 0 saturated carbocycles. The lowest BCUT2D eigenvalue weighted by Gasteiger charge is -2.17. The monoisotopic (exact) mass is 274 g/mol. The molecule has 0 amide bonds. The Balaban J connectivity index is 2.35. The minimum absolute atomic E-state index is 0.116. The van der Waals surface area contributed by atoms with Gasteiger partial charge in [-0.25, -0.2) is 12.8 Å². The fraction of sp³-hybridized carbons (Fsp3) is 0.455. The van der Waals surface area contributed by atoms with Crippen molar-refractivity contribution in [3.63, 3.8) is 0 Å². The predicted octanol–water partition coefficient (Wildman–Crippen LogP) is 0.817. The maximum Gasteiger partial charge on any atom is 0.245 e. The van der Waals surface area contributed by atoms with Crippen molar-refractivity contribution in [3.8, 4) is 0 Å². The molecule has 1 aromatic rings. The molecule has 1 unspecified atom stereocenters. The molecule has 0 radical (unpaired) electrons. The molecule has 100 valence electrons. The molecular weight excluding hydrogens is 259 g/mol. The average molecular weight is 274 g/mol. The van der Waals surface area contributed by atoms with Gasteiger partial charge in [0, 0.05) is 20.2 Å². The van der Waals surface area contributed by atoms with E-state index in [4.69, 9.17) is 10.5 Å². The van der Waals surface area contributed by atoms with E-state index in [2.05, 4.69) is 0 Å². The van der Waals surface area contributed by atoms with Gasteiger partial charge in [-0.2, -0.15) is 4.31 Å². The minimum atomic E-state index is -3.75. The van der Waals surface area contributed by atoms with Crippen LogP contribution in [0.25, 0.3) is 0 Å². The summed E-state index contributed by atoms with van der Waals surface area (Å²) in [6, 6.07) is 3.78. The zero-order chi connectivity index (χ0) is 13.3. The number of rotatable bonds is 3. The van der Waals surface area contributed by atoms with Gasteiger partial charge in [0.05, 0.1) is 11.8 Å². The van der Waals surface area contributed by atoms with E-state index in [9.17, 15) is 12.8 Å². The zero-order valence-corrected chi connectivity index (χ0v) is 10.8. The number of nitrogen functional groups attached to an aromatic ring is 1. The number of halogens is 1. The largest absolute Gasteiger partial charge is 0.395 e. The first kappa shape index (κ1) is 13.3. The third-order valence-corrected chi connectivity index (χ3v) is 5.00. The Morgan fingerprint density at radius 2 is 2.22 bits per heavy atom. The van der Waals surface area contributed by atoms with Crippen LogP contribution in [0.1, 0.15) is 6.42 Å². The molecule has 18 heavy (non-hydrogen) atoms. The summed E-state index contributed by atoms with van der Waals surface area (Å²) in [6.45, 7) is 0.631. The molecule has 0 aliphatic carbocycles. The van der Waals surface area contributed by atoms with Crippen LogP contribution in [0, 0.1) is 5.82 Å². The van der Waals surface area contributed by atoms with Crippen molar-refractivity contribution in [2.24, 2.45) is 0 Å². The van der Waals surface area contributed by atoms with Crippen molar-refractivity contribution in [2.75, 3.05) is 25.9 Å². The highest BCUT2D eigenvalue weighted by Gasteiger charge is 2.34. The highest BCUT2D eigenvalue weighted by molar-refractivity contribution is 7.89. The van der Waals surface area contributed by atoms with Gasteiger partial charge in [-0.1, -0.05) is 6.07 Å². The first-order valence-corrected chi connectivity index (χ1v) is 6.97. The van der Waals surface area contributed by atoms with Crippen LogP contribution in [0.15, 0.2) is 23.1 Å². The summed E-state index contributed by atoms with van der Waals surface area (Å²) < 4.78 is 44.3. The van der Waals surface area contributed by atoms with Crippen molar-refractivity contribution < 1.29 is 17.5 Å². The van der Waals surface area contributed by atoms with Gasteiger partial charge < -0.3 is 10.5 Å². The van der Waals surface area contributed by atoms with Gasteiger partial charge in [-0.05, 0) is 18.6 Å². The van der Waals surface area contributed by atoms with Crippen LogP contribution in [0.4, 0.5) is 10.1 Å². The quantitative estimate of drug-likeness (QED) is 0.828. The molecular formula is C11H15FN2O3S. The van der Waals surface area contributed by atoms with E-state index < -0.39 is 15.8 Å². The lowest BCUT2D eigenvalue weighted by molar-refractivity contribution is 0.115. The van der Waals surface area contributed by atoms with Crippen LogP contribution in [0.5, 0.6) is 0 Å². The topological polar surface area (TPSA) is 72.6 Å². The van der Waals surface area contributed by atoms with Crippen molar-refractivity contribution in [3.05, 3.63) is 24.0 Å². The van der Waals surface area contributed by atoms with Gasteiger partial charge in [0.25, 0.3) is 0 Å². The number of benzene rings is 1. The first-order valence-electron chi connectivity index (χ1n) is 5.53. The lowest BCUT2D eigenvalue weighted by Crippen LogP contribution is -2.30. The van der Waals surface area contributed by atoms with Crippen LogP contribution in [0.3, 0.4) is 0 Å². The molecule has 1 aliphatic rings. The number of nitrogens with zero attached hydrogens (tertiary/aromatic N) is 1. The molecule has 2 rings (SSSR count). The van der Waals surface area contributed by atoms with E-state index in [0.717, 1.165) is 6.07 Å². The molecule has 1 saturated heterocycles. The minimum Gasteiger partial charge on any atom is -0.395 e. The second-order valence-corrected chi connectivity index (χ2v) is 6.07. The van der Waals surface area contributed by atoms with Crippen LogP contribution < -0.4 is 5.73 Å². The molecule has 1 aromatic carbocycles. The number of sulfonamides is 1. The van der Waals surface area contributed by atoms with Crippen molar-refractivity contribution in [1.29, 1.82) is 0 Å². The number of ether oxygens (including phenoxy) is 1.